The van der Waals surface area contributed by atoms with Crippen LogP contribution in [0.5, 0.6) is 0 Å². The van der Waals surface area contributed by atoms with Crippen LogP contribution in [0.25, 0.3) is 0 Å². The molecule has 3 aliphatic heterocycles. The van der Waals surface area contributed by atoms with E-state index in [-0.39, 0.29) is 0 Å². The Labute approximate surface area is 192 Å². The molecule has 0 spiro atoms. The average molecular weight is 504 g/mol. The monoisotopic (exact) mass is 504 g/mol. The highest BCUT2D eigenvalue weighted by atomic mass is 16.8. The van der Waals surface area contributed by atoms with Gasteiger partial charge in [-0.1, -0.05) is 0 Å². The summed E-state index contributed by atoms with van der Waals surface area (Å²) < 4.78 is 26.3. The molecule has 0 saturated carbocycles. The fourth-order valence-electron chi connectivity index (χ4n) is 4.08. The summed E-state index contributed by atoms with van der Waals surface area (Å²) in [7, 11) is 0. The second-order valence-electron chi connectivity index (χ2n) is 8.34. The van der Waals surface area contributed by atoms with Gasteiger partial charge < -0.3 is 79.9 Å². The van der Waals surface area contributed by atoms with Crippen LogP contribution in [0, 0.1) is 0 Å². The number of aliphatic hydroxyl groups excluding tert-OH is 11. The molecule has 0 unspecified atom stereocenters. The summed E-state index contributed by atoms with van der Waals surface area (Å²) in [5, 5.41) is 108. The van der Waals surface area contributed by atoms with E-state index in [1.54, 1.807) is 0 Å². The number of hydrogen-bond acceptors (Lipinski definition) is 16. The summed E-state index contributed by atoms with van der Waals surface area (Å²) in [5.74, 6) is 0. The van der Waals surface area contributed by atoms with Crippen LogP contribution in [0.3, 0.4) is 0 Å². The molecule has 3 heterocycles. The van der Waals surface area contributed by atoms with E-state index in [9.17, 15) is 51.1 Å². The molecule has 0 aliphatic carbocycles. The van der Waals surface area contributed by atoms with E-state index in [4.69, 9.17) is 28.8 Å². The third-order valence-electron chi connectivity index (χ3n) is 6.07. The highest BCUT2D eigenvalue weighted by Gasteiger charge is 2.53. The third kappa shape index (κ3) is 5.37. The van der Waals surface area contributed by atoms with Crippen molar-refractivity contribution >= 4 is 0 Å². The van der Waals surface area contributed by atoms with Crippen molar-refractivity contribution in [1.82, 2.24) is 0 Å². The molecule has 3 aliphatic rings. The lowest BCUT2D eigenvalue weighted by Crippen LogP contribution is -2.46. The summed E-state index contributed by atoms with van der Waals surface area (Å²) in [6, 6.07) is 0. The van der Waals surface area contributed by atoms with Gasteiger partial charge in [-0.15, -0.1) is 0 Å². The van der Waals surface area contributed by atoms with Gasteiger partial charge in [0.05, 0.1) is 19.8 Å². The highest BCUT2D eigenvalue weighted by Crippen LogP contribution is 2.32. The van der Waals surface area contributed by atoms with Crippen LogP contribution >= 0.6 is 0 Å². The Morgan fingerprint density at radius 2 is 0.941 bits per heavy atom. The standard InChI is InChI=1S/C18H32O16/c19-1-4(22)13-8(24)11(27)17(33-13)31-6(3-21)15-9(25)12(28)18(34-15)30-5(2-20)14-7(23)10(26)16(29)32-14/h4-29H,1-3H2/t4-,5-,6-,7-,8-,9-,10-,11-,12-,13+,14+,15+,16-,17-,18-/m1/s1. The Balaban J connectivity index is 1.64. The Hall–Kier alpha value is -0.640. The zero-order valence-corrected chi connectivity index (χ0v) is 17.7. The minimum absolute atomic E-state index is 0.778. The van der Waals surface area contributed by atoms with Crippen molar-refractivity contribution in [1.29, 1.82) is 0 Å². The smallest absolute Gasteiger partial charge is 0.187 e. The first kappa shape index (κ1) is 27.9. The zero-order chi connectivity index (χ0) is 25.3. The molecular formula is C18H32O16. The van der Waals surface area contributed by atoms with Gasteiger partial charge in [0.15, 0.2) is 18.9 Å². The molecule has 0 radical (unpaired) electrons. The van der Waals surface area contributed by atoms with E-state index >= 15 is 0 Å². The Kier molecular flexibility index (Phi) is 9.54. The Morgan fingerprint density at radius 1 is 0.529 bits per heavy atom. The summed E-state index contributed by atoms with van der Waals surface area (Å²) in [6.45, 7) is -2.41. The van der Waals surface area contributed by atoms with Gasteiger partial charge in [-0.2, -0.15) is 0 Å². The van der Waals surface area contributed by atoms with E-state index in [0.29, 0.717) is 0 Å². The highest BCUT2D eigenvalue weighted by molar-refractivity contribution is 4.96. The molecule has 3 fully saturated rings. The molecule has 0 aromatic heterocycles. The molecule has 0 amide bonds. The van der Waals surface area contributed by atoms with E-state index in [2.05, 4.69) is 0 Å². The van der Waals surface area contributed by atoms with Crippen molar-refractivity contribution in [2.45, 2.75) is 92.1 Å². The molecule has 3 rings (SSSR count). The fraction of sp³-hybridized carbons (Fsp3) is 1.00. The van der Waals surface area contributed by atoms with Gasteiger partial charge in [-0.25, -0.2) is 0 Å². The topological polar surface area (TPSA) is 269 Å². The van der Waals surface area contributed by atoms with Crippen LogP contribution in [-0.2, 0) is 23.7 Å². The number of rotatable bonds is 10. The van der Waals surface area contributed by atoms with Crippen LogP contribution < -0.4 is 0 Å². The minimum atomic E-state index is -1.76. The maximum absolute atomic E-state index is 10.4. The second-order valence-corrected chi connectivity index (χ2v) is 8.34. The molecule has 11 N–H and O–H groups in total. The number of hydrogen-bond donors (Lipinski definition) is 11. The normalized spacial score (nSPS) is 47.7. The van der Waals surface area contributed by atoms with Gasteiger partial charge >= 0.3 is 0 Å². The molecule has 0 bridgehead atoms. The summed E-state index contributed by atoms with van der Waals surface area (Å²) >= 11 is 0. The Bertz CT molecular complexity index is 641. The average Bonchev–Trinajstić information content (AvgIpc) is 3.37. The van der Waals surface area contributed by atoms with Gasteiger partial charge in [0, 0.05) is 0 Å². The van der Waals surface area contributed by atoms with Crippen molar-refractivity contribution < 1.29 is 79.9 Å². The van der Waals surface area contributed by atoms with Crippen molar-refractivity contribution in [3.8, 4) is 0 Å². The molecule has 15 atom stereocenters. The maximum Gasteiger partial charge on any atom is 0.187 e. The molecule has 16 nitrogen and oxygen atoms in total. The first-order chi connectivity index (χ1) is 16.0. The van der Waals surface area contributed by atoms with Crippen LogP contribution in [0.15, 0.2) is 0 Å². The lowest BCUT2D eigenvalue weighted by atomic mass is 10.0. The van der Waals surface area contributed by atoms with Gasteiger partial charge in [-0.3, -0.25) is 0 Å². The van der Waals surface area contributed by atoms with Crippen LogP contribution in [0.2, 0.25) is 0 Å². The summed E-state index contributed by atoms with van der Waals surface area (Å²) in [6.07, 6.45) is -23.9. The van der Waals surface area contributed by atoms with Gasteiger partial charge in [0.2, 0.25) is 0 Å². The van der Waals surface area contributed by atoms with Crippen molar-refractivity contribution in [2.24, 2.45) is 0 Å². The molecule has 16 heteroatoms. The quantitative estimate of drug-likeness (QED) is 0.132. The second kappa shape index (κ2) is 11.6. The SMILES string of the molecule is OC[C@@H](O)[C@@H]1O[C@@H](O[C@H](CO)[C@@H]2O[C@@H](O[C@H](CO)[C@@H]3O[C@@H](O)[C@H](O)[C@H]3O)[C@H](O)[C@H]2O)[C@H](O)[C@H]1O. The molecular weight excluding hydrogens is 472 g/mol. The van der Waals surface area contributed by atoms with E-state index < -0.39 is 112 Å². The van der Waals surface area contributed by atoms with E-state index in [0.717, 1.165) is 0 Å². The van der Waals surface area contributed by atoms with Gasteiger partial charge in [0.25, 0.3) is 0 Å². The van der Waals surface area contributed by atoms with Crippen molar-refractivity contribution in [2.75, 3.05) is 19.8 Å². The predicted octanol–water partition coefficient (Wildman–Crippen LogP) is -7.57. The lowest BCUT2D eigenvalue weighted by molar-refractivity contribution is -0.259. The van der Waals surface area contributed by atoms with E-state index in [1.165, 1.54) is 0 Å². The molecule has 200 valence electrons. The minimum Gasteiger partial charge on any atom is -0.394 e. The predicted molar refractivity (Wildman–Crippen MR) is 101 cm³/mol. The maximum atomic E-state index is 10.4. The molecule has 34 heavy (non-hydrogen) atoms. The van der Waals surface area contributed by atoms with Crippen LogP contribution in [-0.4, -0.2) is 168 Å². The zero-order valence-electron chi connectivity index (χ0n) is 17.7. The molecule has 0 aromatic carbocycles. The van der Waals surface area contributed by atoms with Crippen molar-refractivity contribution in [3.63, 3.8) is 0 Å². The fourth-order valence-corrected chi connectivity index (χ4v) is 4.08. The van der Waals surface area contributed by atoms with Gasteiger partial charge in [0.1, 0.15) is 73.2 Å². The first-order valence-corrected chi connectivity index (χ1v) is 10.6. The first-order valence-electron chi connectivity index (χ1n) is 10.6. The number of aliphatic hydroxyl groups is 11. The van der Waals surface area contributed by atoms with Crippen LogP contribution in [0.4, 0.5) is 0 Å². The largest absolute Gasteiger partial charge is 0.394 e. The van der Waals surface area contributed by atoms with Crippen LogP contribution in [0.1, 0.15) is 0 Å². The third-order valence-corrected chi connectivity index (χ3v) is 6.07. The lowest BCUT2D eigenvalue weighted by Gasteiger charge is -2.29. The van der Waals surface area contributed by atoms with E-state index in [1.807, 2.05) is 0 Å². The molecule has 3 saturated heterocycles. The molecule has 0 aromatic rings. The van der Waals surface area contributed by atoms with Gasteiger partial charge in [-0.05, 0) is 0 Å². The number of ether oxygens (including phenoxy) is 5. The summed E-state index contributed by atoms with van der Waals surface area (Å²) in [4.78, 5) is 0. The Morgan fingerprint density at radius 3 is 1.35 bits per heavy atom. The van der Waals surface area contributed by atoms with Crippen molar-refractivity contribution in [3.05, 3.63) is 0 Å². The summed E-state index contributed by atoms with van der Waals surface area (Å²) in [5.41, 5.74) is 0.